The van der Waals surface area contributed by atoms with Crippen LogP contribution in [0.25, 0.3) is 0 Å². The van der Waals surface area contributed by atoms with Crippen LogP contribution in [0, 0.1) is 0 Å². The van der Waals surface area contributed by atoms with Crippen molar-refractivity contribution in [1.82, 2.24) is 15.1 Å². The van der Waals surface area contributed by atoms with Crippen LogP contribution in [0.1, 0.15) is 26.7 Å². The van der Waals surface area contributed by atoms with Crippen molar-refractivity contribution in [3.63, 3.8) is 0 Å². The van der Waals surface area contributed by atoms with Crippen LogP contribution in [0.5, 0.6) is 5.75 Å². The second-order valence-electron chi connectivity index (χ2n) is 6.50. The van der Waals surface area contributed by atoms with Crippen molar-refractivity contribution >= 4 is 35.6 Å². The maximum Gasteiger partial charge on any atom is 0.252 e. The van der Waals surface area contributed by atoms with Gasteiger partial charge in [0.1, 0.15) is 11.3 Å². The summed E-state index contributed by atoms with van der Waals surface area (Å²) < 4.78 is 7.40. The van der Waals surface area contributed by atoms with Crippen LogP contribution in [0.15, 0.2) is 36.7 Å². The van der Waals surface area contributed by atoms with Crippen molar-refractivity contribution < 1.29 is 9.53 Å². The SMILES string of the molecule is CC(C)Oc1ccc(NC(=O)C2(n3cccn3)CCNCC2)cc1Cl.Cl. The molecule has 26 heavy (non-hydrogen) atoms. The van der Waals surface area contributed by atoms with Crippen LogP contribution in [0.2, 0.25) is 5.02 Å². The van der Waals surface area contributed by atoms with E-state index in [0.29, 0.717) is 29.3 Å². The number of halogens is 2. The summed E-state index contributed by atoms with van der Waals surface area (Å²) in [5.74, 6) is 0.532. The minimum atomic E-state index is -0.686. The highest BCUT2D eigenvalue weighted by Gasteiger charge is 2.42. The molecule has 0 radical (unpaired) electrons. The first kappa shape index (κ1) is 20.6. The second kappa shape index (κ2) is 8.75. The Hall–Kier alpha value is -1.76. The standard InChI is InChI=1S/C18H23ClN4O2.ClH/c1-13(2)25-16-5-4-14(12-15(16)19)22-17(24)18(6-9-20-10-7-18)23-11-3-8-21-23;/h3-5,8,11-13,20H,6-7,9-10H2,1-2H3,(H,22,24);1H. The predicted octanol–water partition coefficient (Wildman–Crippen LogP) is 3.46. The van der Waals surface area contributed by atoms with Gasteiger partial charge in [-0.15, -0.1) is 12.4 Å². The lowest BCUT2D eigenvalue weighted by molar-refractivity contribution is -0.126. The third kappa shape index (κ3) is 4.31. The van der Waals surface area contributed by atoms with Crippen molar-refractivity contribution in [2.45, 2.75) is 38.3 Å². The number of nitrogens with one attached hydrogen (secondary N) is 2. The normalized spacial score (nSPS) is 16.0. The van der Waals surface area contributed by atoms with E-state index in [2.05, 4.69) is 15.7 Å². The van der Waals surface area contributed by atoms with E-state index in [9.17, 15) is 4.79 Å². The van der Waals surface area contributed by atoms with Crippen LogP contribution >= 0.6 is 24.0 Å². The molecule has 1 amide bonds. The quantitative estimate of drug-likeness (QED) is 0.808. The Balaban J connectivity index is 0.00000243. The predicted molar refractivity (Wildman–Crippen MR) is 105 cm³/mol. The zero-order chi connectivity index (χ0) is 17.9. The van der Waals surface area contributed by atoms with Crippen molar-refractivity contribution in [1.29, 1.82) is 0 Å². The highest BCUT2D eigenvalue weighted by molar-refractivity contribution is 6.32. The van der Waals surface area contributed by atoms with E-state index < -0.39 is 5.54 Å². The number of ether oxygens (including phenoxy) is 1. The Morgan fingerprint density at radius 2 is 2.12 bits per heavy atom. The molecule has 0 unspecified atom stereocenters. The smallest absolute Gasteiger partial charge is 0.252 e. The summed E-state index contributed by atoms with van der Waals surface area (Å²) >= 11 is 6.27. The fourth-order valence-electron chi connectivity index (χ4n) is 3.10. The van der Waals surface area contributed by atoms with E-state index >= 15 is 0 Å². The maximum absolute atomic E-state index is 13.1. The number of piperidine rings is 1. The van der Waals surface area contributed by atoms with Crippen LogP contribution < -0.4 is 15.4 Å². The molecule has 0 saturated carbocycles. The third-order valence-electron chi connectivity index (χ3n) is 4.35. The van der Waals surface area contributed by atoms with Gasteiger partial charge >= 0.3 is 0 Å². The van der Waals surface area contributed by atoms with Gasteiger partial charge in [-0.3, -0.25) is 9.48 Å². The second-order valence-corrected chi connectivity index (χ2v) is 6.91. The summed E-state index contributed by atoms with van der Waals surface area (Å²) in [5, 5.41) is 11.1. The lowest BCUT2D eigenvalue weighted by Gasteiger charge is -2.36. The molecule has 1 aliphatic rings. The Morgan fingerprint density at radius 1 is 1.38 bits per heavy atom. The highest BCUT2D eigenvalue weighted by Crippen LogP contribution is 2.31. The Kier molecular flexibility index (Phi) is 6.92. The van der Waals surface area contributed by atoms with Crippen LogP contribution in [-0.2, 0) is 10.3 Å². The lowest BCUT2D eigenvalue weighted by Crippen LogP contribution is -2.52. The van der Waals surface area contributed by atoms with Gasteiger partial charge in [0.15, 0.2) is 0 Å². The number of benzene rings is 1. The topological polar surface area (TPSA) is 68.2 Å². The molecule has 0 spiro atoms. The number of carbonyl (C=O) groups excluding carboxylic acids is 1. The van der Waals surface area contributed by atoms with Gasteiger partial charge in [0.2, 0.25) is 0 Å². The molecule has 1 aromatic heterocycles. The number of aromatic nitrogens is 2. The molecule has 142 valence electrons. The lowest BCUT2D eigenvalue weighted by atomic mass is 9.87. The molecule has 2 heterocycles. The van der Waals surface area contributed by atoms with Gasteiger partial charge in [-0.2, -0.15) is 5.10 Å². The van der Waals surface area contributed by atoms with Crippen LogP contribution in [0.4, 0.5) is 5.69 Å². The molecule has 1 aliphatic heterocycles. The fraction of sp³-hybridized carbons (Fsp3) is 0.444. The number of anilines is 1. The number of hydrogen-bond donors (Lipinski definition) is 2. The molecule has 3 rings (SSSR count). The monoisotopic (exact) mass is 398 g/mol. The first-order chi connectivity index (χ1) is 12.0. The number of hydrogen-bond acceptors (Lipinski definition) is 4. The van der Waals surface area contributed by atoms with Gasteiger partial charge in [-0.25, -0.2) is 0 Å². The van der Waals surface area contributed by atoms with Gasteiger partial charge in [0.05, 0.1) is 11.1 Å². The Bertz CT molecular complexity index is 729. The molecule has 2 N–H and O–H groups in total. The summed E-state index contributed by atoms with van der Waals surface area (Å²) in [6, 6.07) is 7.14. The molecule has 1 fully saturated rings. The van der Waals surface area contributed by atoms with Crippen molar-refractivity contribution in [3.8, 4) is 5.75 Å². The van der Waals surface area contributed by atoms with Crippen molar-refractivity contribution in [3.05, 3.63) is 41.7 Å². The van der Waals surface area contributed by atoms with Crippen molar-refractivity contribution in [2.75, 3.05) is 18.4 Å². The van der Waals surface area contributed by atoms with E-state index in [1.165, 1.54) is 0 Å². The van der Waals surface area contributed by atoms with Gasteiger partial charge in [-0.05, 0) is 64.0 Å². The summed E-state index contributed by atoms with van der Waals surface area (Å²) in [4.78, 5) is 13.1. The van der Waals surface area contributed by atoms with E-state index in [-0.39, 0.29) is 24.4 Å². The van der Waals surface area contributed by atoms with Gasteiger partial charge in [0, 0.05) is 18.1 Å². The summed E-state index contributed by atoms with van der Waals surface area (Å²) in [6.07, 6.45) is 4.95. The summed E-state index contributed by atoms with van der Waals surface area (Å²) in [6.45, 7) is 5.43. The highest BCUT2D eigenvalue weighted by atomic mass is 35.5. The van der Waals surface area contributed by atoms with E-state index in [1.54, 1.807) is 29.1 Å². The minimum Gasteiger partial charge on any atom is -0.489 e. The molecule has 8 heteroatoms. The number of carbonyl (C=O) groups is 1. The van der Waals surface area contributed by atoms with Gasteiger partial charge in [-0.1, -0.05) is 11.6 Å². The molecule has 6 nitrogen and oxygen atoms in total. The molecular weight excluding hydrogens is 375 g/mol. The zero-order valence-corrected chi connectivity index (χ0v) is 16.4. The molecule has 0 aliphatic carbocycles. The zero-order valence-electron chi connectivity index (χ0n) is 14.9. The van der Waals surface area contributed by atoms with E-state index in [4.69, 9.17) is 16.3 Å². The first-order valence-corrected chi connectivity index (χ1v) is 8.87. The summed E-state index contributed by atoms with van der Waals surface area (Å²) in [7, 11) is 0. The fourth-order valence-corrected chi connectivity index (χ4v) is 3.32. The average molecular weight is 399 g/mol. The van der Waals surface area contributed by atoms with E-state index in [1.807, 2.05) is 26.1 Å². The van der Waals surface area contributed by atoms with Gasteiger partial charge < -0.3 is 15.4 Å². The largest absolute Gasteiger partial charge is 0.489 e. The molecule has 0 bridgehead atoms. The Labute approximate surface area is 164 Å². The minimum absolute atomic E-state index is 0. The molecule has 1 aromatic carbocycles. The van der Waals surface area contributed by atoms with Gasteiger partial charge in [0.25, 0.3) is 5.91 Å². The molecule has 2 aromatic rings. The number of nitrogens with zero attached hydrogens (tertiary/aromatic N) is 2. The molecule has 0 atom stereocenters. The third-order valence-corrected chi connectivity index (χ3v) is 4.64. The summed E-state index contributed by atoms with van der Waals surface area (Å²) in [5.41, 5.74) is -0.0369. The van der Waals surface area contributed by atoms with Crippen LogP contribution in [0.3, 0.4) is 0 Å². The number of amides is 1. The average Bonchev–Trinajstić information content (AvgIpc) is 3.12. The Morgan fingerprint density at radius 3 is 2.69 bits per heavy atom. The number of rotatable bonds is 5. The maximum atomic E-state index is 13.1. The first-order valence-electron chi connectivity index (χ1n) is 8.50. The molecule has 1 saturated heterocycles. The van der Waals surface area contributed by atoms with E-state index in [0.717, 1.165) is 13.1 Å². The molecular formula is C18H24Cl2N4O2. The van der Waals surface area contributed by atoms with Crippen LogP contribution in [-0.4, -0.2) is 34.9 Å². The van der Waals surface area contributed by atoms with Crippen molar-refractivity contribution in [2.24, 2.45) is 0 Å².